The number of hydrogen-bond acceptors (Lipinski definition) is 4. The number of nitrogens with zero attached hydrogens (tertiary/aromatic N) is 1. The molecule has 7 heteroatoms. The molecule has 30 heavy (non-hydrogen) atoms. The highest BCUT2D eigenvalue weighted by molar-refractivity contribution is 9.10. The molecule has 1 aromatic heterocycles. The molecule has 1 heterocycles. The van der Waals surface area contributed by atoms with E-state index in [4.69, 9.17) is 16.3 Å². The first-order valence-electron chi connectivity index (χ1n) is 9.82. The van der Waals surface area contributed by atoms with E-state index in [0.29, 0.717) is 24.6 Å². The molecule has 0 unspecified atom stereocenters. The van der Waals surface area contributed by atoms with E-state index in [1.54, 1.807) is 0 Å². The second kappa shape index (κ2) is 10.4. The first kappa shape index (κ1) is 22.8. The van der Waals surface area contributed by atoms with Crippen LogP contribution in [0.3, 0.4) is 0 Å². The maximum Gasteiger partial charge on any atom is 0.226 e. The van der Waals surface area contributed by atoms with Crippen LogP contribution >= 0.6 is 38.9 Å². The molecule has 4 nitrogen and oxygen atoms in total. The van der Waals surface area contributed by atoms with Crippen LogP contribution in [0.2, 0.25) is 5.02 Å². The molecular weight excluding hydrogens is 484 g/mol. The summed E-state index contributed by atoms with van der Waals surface area (Å²) in [6.07, 6.45) is 1.87. The van der Waals surface area contributed by atoms with E-state index in [9.17, 15) is 4.79 Å². The summed E-state index contributed by atoms with van der Waals surface area (Å²) < 4.78 is 6.80. The van der Waals surface area contributed by atoms with Crippen LogP contribution in [0.4, 0.5) is 5.13 Å². The SMILES string of the molecule is CCc1sc(NC(=O)CCCOc2cc(C)c(Cl)c(C)c2)nc1-c1ccc(Br)cc1. The summed E-state index contributed by atoms with van der Waals surface area (Å²) in [7, 11) is 0. The molecule has 3 aromatic rings. The molecule has 2 aromatic carbocycles. The zero-order chi connectivity index (χ0) is 21.7. The van der Waals surface area contributed by atoms with E-state index >= 15 is 0 Å². The predicted octanol–water partition coefficient (Wildman–Crippen LogP) is 7.20. The lowest BCUT2D eigenvalue weighted by Crippen LogP contribution is -2.12. The number of benzene rings is 2. The van der Waals surface area contributed by atoms with Gasteiger partial charge >= 0.3 is 0 Å². The molecule has 0 spiro atoms. The number of aryl methyl sites for hydroxylation is 3. The van der Waals surface area contributed by atoms with Gasteiger partial charge in [-0.25, -0.2) is 4.98 Å². The van der Waals surface area contributed by atoms with E-state index in [1.807, 2.05) is 50.2 Å². The first-order valence-corrected chi connectivity index (χ1v) is 11.8. The van der Waals surface area contributed by atoms with E-state index in [1.165, 1.54) is 11.3 Å². The third-order valence-electron chi connectivity index (χ3n) is 4.61. The maximum absolute atomic E-state index is 12.3. The highest BCUT2D eigenvalue weighted by Crippen LogP contribution is 2.32. The van der Waals surface area contributed by atoms with Crippen molar-refractivity contribution in [1.82, 2.24) is 4.98 Å². The van der Waals surface area contributed by atoms with Crippen molar-refractivity contribution in [1.29, 1.82) is 0 Å². The van der Waals surface area contributed by atoms with Crippen molar-refractivity contribution in [2.24, 2.45) is 0 Å². The van der Waals surface area contributed by atoms with Crippen LogP contribution in [0.1, 0.15) is 35.8 Å². The van der Waals surface area contributed by atoms with Gasteiger partial charge in [-0.05, 0) is 62.1 Å². The van der Waals surface area contributed by atoms with Crippen LogP contribution in [-0.4, -0.2) is 17.5 Å². The molecule has 0 saturated heterocycles. The standard InChI is InChI=1S/C23H24BrClN2O2S/c1-4-19-22(16-7-9-17(24)10-8-16)27-23(30-19)26-20(28)6-5-11-29-18-12-14(2)21(25)15(3)13-18/h7-10,12-13H,4-6,11H2,1-3H3,(H,26,27,28). The van der Waals surface area contributed by atoms with E-state index in [-0.39, 0.29) is 5.91 Å². The van der Waals surface area contributed by atoms with Crippen molar-refractivity contribution in [3.05, 3.63) is 61.9 Å². The van der Waals surface area contributed by atoms with Gasteiger partial charge in [0.05, 0.1) is 12.3 Å². The van der Waals surface area contributed by atoms with Gasteiger partial charge in [-0.1, -0.05) is 46.6 Å². The van der Waals surface area contributed by atoms with Crippen LogP contribution in [0.25, 0.3) is 11.3 Å². The molecule has 0 aliphatic rings. The van der Waals surface area contributed by atoms with Crippen molar-refractivity contribution >= 4 is 49.9 Å². The molecule has 0 atom stereocenters. The lowest BCUT2D eigenvalue weighted by molar-refractivity contribution is -0.116. The van der Waals surface area contributed by atoms with Gasteiger partial charge in [-0.3, -0.25) is 4.79 Å². The summed E-state index contributed by atoms with van der Waals surface area (Å²) >= 11 is 11.2. The van der Waals surface area contributed by atoms with Gasteiger partial charge in [0, 0.05) is 26.4 Å². The van der Waals surface area contributed by atoms with Gasteiger partial charge in [0.25, 0.3) is 0 Å². The number of carbonyl (C=O) groups excluding carboxylic acids is 1. The normalized spacial score (nSPS) is 10.8. The average Bonchev–Trinajstić information content (AvgIpc) is 3.12. The number of nitrogens with one attached hydrogen (secondary N) is 1. The number of ether oxygens (including phenoxy) is 1. The molecule has 1 amide bonds. The van der Waals surface area contributed by atoms with Gasteiger partial charge in [0.15, 0.2) is 5.13 Å². The number of hydrogen-bond donors (Lipinski definition) is 1. The fourth-order valence-corrected chi connectivity index (χ4v) is 4.39. The number of amides is 1. The minimum absolute atomic E-state index is 0.0548. The van der Waals surface area contributed by atoms with E-state index in [2.05, 4.69) is 33.2 Å². The van der Waals surface area contributed by atoms with Gasteiger partial charge in [-0.15, -0.1) is 11.3 Å². The van der Waals surface area contributed by atoms with Gasteiger partial charge < -0.3 is 10.1 Å². The Balaban J connectivity index is 1.53. The number of halogens is 2. The van der Waals surface area contributed by atoms with Crippen molar-refractivity contribution in [2.75, 3.05) is 11.9 Å². The zero-order valence-electron chi connectivity index (χ0n) is 17.2. The molecule has 158 valence electrons. The first-order chi connectivity index (χ1) is 14.4. The Morgan fingerprint density at radius 3 is 2.50 bits per heavy atom. The van der Waals surface area contributed by atoms with E-state index in [0.717, 1.165) is 48.9 Å². The van der Waals surface area contributed by atoms with Crippen molar-refractivity contribution in [2.45, 2.75) is 40.0 Å². The fraction of sp³-hybridized carbons (Fsp3) is 0.304. The van der Waals surface area contributed by atoms with Crippen LogP contribution in [0.5, 0.6) is 5.75 Å². The molecular formula is C23H24BrClN2O2S. The smallest absolute Gasteiger partial charge is 0.226 e. The van der Waals surface area contributed by atoms with Crippen molar-refractivity contribution < 1.29 is 9.53 Å². The highest BCUT2D eigenvalue weighted by Gasteiger charge is 2.14. The minimum atomic E-state index is -0.0548. The Morgan fingerprint density at radius 1 is 1.20 bits per heavy atom. The van der Waals surface area contributed by atoms with Crippen LogP contribution in [0.15, 0.2) is 40.9 Å². The van der Waals surface area contributed by atoms with Crippen molar-refractivity contribution in [3.63, 3.8) is 0 Å². The quantitative estimate of drug-likeness (QED) is 0.328. The lowest BCUT2D eigenvalue weighted by Gasteiger charge is -2.09. The van der Waals surface area contributed by atoms with Gasteiger partial charge in [0.1, 0.15) is 5.75 Å². The topological polar surface area (TPSA) is 51.2 Å². The Labute approximate surface area is 194 Å². The summed E-state index contributed by atoms with van der Waals surface area (Å²) in [6.45, 7) is 6.47. The Morgan fingerprint density at radius 2 is 1.87 bits per heavy atom. The Kier molecular flexibility index (Phi) is 7.92. The summed E-state index contributed by atoms with van der Waals surface area (Å²) in [5.74, 6) is 0.724. The molecule has 3 rings (SSSR count). The van der Waals surface area contributed by atoms with Crippen LogP contribution < -0.4 is 10.1 Å². The number of aromatic nitrogens is 1. The summed E-state index contributed by atoms with van der Waals surface area (Å²) in [5, 5.41) is 4.33. The molecule has 0 radical (unpaired) electrons. The summed E-state index contributed by atoms with van der Waals surface area (Å²) in [6, 6.07) is 11.9. The number of anilines is 1. The predicted molar refractivity (Wildman–Crippen MR) is 129 cm³/mol. The second-order valence-corrected chi connectivity index (χ2v) is 9.40. The fourth-order valence-electron chi connectivity index (χ4n) is 3.07. The average molecular weight is 508 g/mol. The number of carbonyl (C=O) groups is 1. The van der Waals surface area contributed by atoms with Gasteiger partial charge in [0.2, 0.25) is 5.91 Å². The summed E-state index contributed by atoms with van der Waals surface area (Å²) in [4.78, 5) is 18.2. The number of thiazole rings is 1. The third kappa shape index (κ3) is 5.84. The zero-order valence-corrected chi connectivity index (χ0v) is 20.4. The lowest BCUT2D eigenvalue weighted by atomic mass is 10.1. The van der Waals surface area contributed by atoms with Gasteiger partial charge in [-0.2, -0.15) is 0 Å². The maximum atomic E-state index is 12.3. The van der Waals surface area contributed by atoms with E-state index < -0.39 is 0 Å². The molecule has 0 fully saturated rings. The molecule has 1 N–H and O–H groups in total. The van der Waals surface area contributed by atoms with Crippen molar-refractivity contribution in [3.8, 4) is 17.0 Å². The largest absolute Gasteiger partial charge is 0.494 e. The molecule has 0 aliphatic heterocycles. The third-order valence-corrected chi connectivity index (χ3v) is 6.85. The van der Waals surface area contributed by atoms with Crippen LogP contribution in [-0.2, 0) is 11.2 Å². The molecule has 0 saturated carbocycles. The minimum Gasteiger partial charge on any atom is -0.494 e. The Bertz CT molecular complexity index is 1010. The molecule has 0 bridgehead atoms. The Hall–Kier alpha value is -1.89. The number of rotatable bonds is 8. The second-order valence-electron chi connectivity index (χ2n) is 7.02. The summed E-state index contributed by atoms with van der Waals surface area (Å²) in [5.41, 5.74) is 3.96. The highest BCUT2D eigenvalue weighted by atomic mass is 79.9. The monoisotopic (exact) mass is 506 g/mol. The molecule has 0 aliphatic carbocycles. The van der Waals surface area contributed by atoms with Crippen LogP contribution in [0, 0.1) is 13.8 Å².